The molecule has 2 atom stereocenters. The zero-order valence-electron chi connectivity index (χ0n) is 10.6. The summed E-state index contributed by atoms with van der Waals surface area (Å²) in [6.45, 7) is -0.520. The van der Waals surface area contributed by atoms with Gasteiger partial charge in [0.15, 0.2) is 0 Å². The maximum absolute atomic E-state index is 11.9. The van der Waals surface area contributed by atoms with Crippen molar-refractivity contribution in [2.24, 2.45) is 0 Å². The van der Waals surface area contributed by atoms with Crippen LogP contribution in [0.25, 0.3) is 0 Å². The third kappa shape index (κ3) is 4.48. The van der Waals surface area contributed by atoms with E-state index < -0.39 is 30.6 Å². The number of aliphatic hydroxyl groups is 2. The van der Waals surface area contributed by atoms with Crippen LogP contribution in [0, 0.1) is 0 Å². The summed E-state index contributed by atoms with van der Waals surface area (Å²) in [5, 5.41) is 30.5. The molecule has 0 aromatic heterocycles. The van der Waals surface area contributed by atoms with Crippen molar-refractivity contribution in [2.45, 2.75) is 18.6 Å². The molecule has 0 heterocycles. The number of carbonyl (C=O) groups is 2. The average Bonchev–Trinajstić information content (AvgIpc) is 2.44. The highest BCUT2D eigenvalue weighted by Gasteiger charge is 2.23. The Balaban J connectivity index is 2.92. The third-order valence-electron chi connectivity index (χ3n) is 2.69. The Morgan fingerprint density at radius 2 is 1.90 bits per heavy atom. The molecule has 0 spiro atoms. The standard InChI is InChI=1S/C13H16ClNO5/c14-6-5-10(16)12(19)8-3-1-2-4-9(8)13(20)15-7-11(17)18/h1-4,10,12,16,19H,5-7H2,(H,15,20)(H,17,18). The molecule has 1 aromatic carbocycles. The molecule has 0 aliphatic heterocycles. The summed E-state index contributed by atoms with van der Waals surface area (Å²) >= 11 is 5.50. The van der Waals surface area contributed by atoms with Gasteiger partial charge in [-0.05, 0) is 18.1 Å². The van der Waals surface area contributed by atoms with E-state index in [4.69, 9.17) is 16.7 Å². The number of amides is 1. The Labute approximate surface area is 121 Å². The minimum Gasteiger partial charge on any atom is -0.480 e. The van der Waals surface area contributed by atoms with Crippen LogP contribution in [0.4, 0.5) is 0 Å². The quantitative estimate of drug-likeness (QED) is 0.549. The van der Waals surface area contributed by atoms with E-state index in [0.717, 1.165) is 0 Å². The van der Waals surface area contributed by atoms with Crippen molar-refractivity contribution in [1.29, 1.82) is 0 Å². The van der Waals surface area contributed by atoms with Gasteiger partial charge < -0.3 is 20.6 Å². The number of nitrogens with one attached hydrogen (secondary N) is 1. The number of alkyl halides is 1. The monoisotopic (exact) mass is 301 g/mol. The van der Waals surface area contributed by atoms with Crippen LogP contribution < -0.4 is 5.32 Å². The van der Waals surface area contributed by atoms with Crippen molar-refractivity contribution in [3.8, 4) is 0 Å². The molecule has 4 N–H and O–H groups in total. The highest BCUT2D eigenvalue weighted by atomic mass is 35.5. The lowest BCUT2D eigenvalue weighted by Crippen LogP contribution is -2.31. The van der Waals surface area contributed by atoms with Crippen molar-refractivity contribution in [3.63, 3.8) is 0 Å². The van der Waals surface area contributed by atoms with Crippen molar-refractivity contribution in [1.82, 2.24) is 5.32 Å². The second-order valence-corrected chi connectivity index (χ2v) is 4.53. The van der Waals surface area contributed by atoms with Crippen molar-refractivity contribution < 1.29 is 24.9 Å². The fourth-order valence-corrected chi connectivity index (χ4v) is 1.91. The molecule has 2 unspecified atom stereocenters. The average molecular weight is 302 g/mol. The molecule has 1 amide bonds. The van der Waals surface area contributed by atoms with E-state index >= 15 is 0 Å². The number of aliphatic carboxylic acids is 1. The first-order valence-electron chi connectivity index (χ1n) is 5.98. The summed E-state index contributed by atoms with van der Waals surface area (Å²) < 4.78 is 0. The lowest BCUT2D eigenvalue weighted by Gasteiger charge is -2.19. The van der Waals surface area contributed by atoms with Crippen molar-refractivity contribution in [2.75, 3.05) is 12.4 Å². The van der Waals surface area contributed by atoms with Gasteiger partial charge in [-0.3, -0.25) is 9.59 Å². The Bertz CT molecular complexity index is 480. The van der Waals surface area contributed by atoms with Crippen LogP contribution in [0.3, 0.4) is 0 Å². The predicted molar refractivity (Wildman–Crippen MR) is 72.7 cm³/mol. The van der Waals surface area contributed by atoms with E-state index in [1.165, 1.54) is 12.1 Å². The first-order chi connectivity index (χ1) is 9.47. The summed E-state index contributed by atoms with van der Waals surface area (Å²) in [5.74, 6) is -1.62. The van der Waals surface area contributed by atoms with E-state index in [-0.39, 0.29) is 23.4 Å². The van der Waals surface area contributed by atoms with Crippen molar-refractivity contribution in [3.05, 3.63) is 35.4 Å². The van der Waals surface area contributed by atoms with E-state index in [9.17, 15) is 19.8 Å². The van der Waals surface area contributed by atoms with Crippen LogP contribution in [0.1, 0.15) is 28.4 Å². The highest BCUT2D eigenvalue weighted by Crippen LogP contribution is 2.23. The predicted octanol–water partition coefficient (Wildman–Crippen LogP) is 0.524. The molecule has 110 valence electrons. The van der Waals surface area contributed by atoms with Gasteiger partial charge in [0.25, 0.3) is 5.91 Å². The Morgan fingerprint density at radius 1 is 1.25 bits per heavy atom. The number of halogens is 1. The van der Waals surface area contributed by atoms with E-state index in [0.29, 0.717) is 0 Å². The third-order valence-corrected chi connectivity index (χ3v) is 2.91. The largest absolute Gasteiger partial charge is 0.480 e. The molecule has 0 radical (unpaired) electrons. The van der Waals surface area contributed by atoms with Gasteiger partial charge in [0.1, 0.15) is 12.6 Å². The van der Waals surface area contributed by atoms with E-state index in [1.54, 1.807) is 12.1 Å². The van der Waals surface area contributed by atoms with Gasteiger partial charge in [0, 0.05) is 11.4 Å². The molecule has 0 bridgehead atoms. The molecule has 0 aliphatic carbocycles. The molecule has 1 rings (SSSR count). The minimum absolute atomic E-state index is 0.120. The maximum atomic E-state index is 11.9. The van der Waals surface area contributed by atoms with Gasteiger partial charge in [0.05, 0.1) is 6.10 Å². The van der Waals surface area contributed by atoms with Gasteiger partial charge in [-0.25, -0.2) is 0 Å². The van der Waals surface area contributed by atoms with Crippen LogP contribution in [0.2, 0.25) is 0 Å². The zero-order chi connectivity index (χ0) is 15.1. The number of rotatable bonds is 7. The van der Waals surface area contributed by atoms with Crippen LogP contribution in [-0.4, -0.2) is 45.7 Å². The number of carboxylic acids is 1. The van der Waals surface area contributed by atoms with Crippen molar-refractivity contribution >= 4 is 23.5 Å². The molecule has 0 saturated heterocycles. The summed E-state index contributed by atoms with van der Waals surface area (Å²) in [5.41, 5.74) is 0.350. The lowest BCUT2D eigenvalue weighted by molar-refractivity contribution is -0.135. The second-order valence-electron chi connectivity index (χ2n) is 4.15. The molecular weight excluding hydrogens is 286 g/mol. The van der Waals surface area contributed by atoms with Gasteiger partial charge in [-0.1, -0.05) is 18.2 Å². The number of carboxylic acid groups (broad SMARTS) is 1. The summed E-state index contributed by atoms with van der Waals surface area (Å²) in [4.78, 5) is 22.3. The molecule has 20 heavy (non-hydrogen) atoms. The SMILES string of the molecule is O=C(O)CNC(=O)c1ccccc1C(O)C(O)CCCl. The number of benzene rings is 1. The summed E-state index contributed by atoms with van der Waals surface area (Å²) in [6.07, 6.45) is -2.19. The number of aliphatic hydroxyl groups excluding tert-OH is 2. The van der Waals surface area contributed by atoms with Gasteiger partial charge in [-0.15, -0.1) is 11.6 Å². The molecule has 1 aromatic rings. The van der Waals surface area contributed by atoms with Crippen LogP contribution >= 0.6 is 11.6 Å². The number of hydrogen-bond donors (Lipinski definition) is 4. The van der Waals surface area contributed by atoms with Gasteiger partial charge in [-0.2, -0.15) is 0 Å². The maximum Gasteiger partial charge on any atom is 0.322 e. The van der Waals surface area contributed by atoms with E-state index in [2.05, 4.69) is 5.32 Å². The van der Waals surface area contributed by atoms with Gasteiger partial charge in [0.2, 0.25) is 0 Å². The van der Waals surface area contributed by atoms with Crippen LogP contribution in [0.15, 0.2) is 24.3 Å². The first-order valence-corrected chi connectivity index (χ1v) is 6.51. The first kappa shape index (κ1) is 16.4. The zero-order valence-corrected chi connectivity index (χ0v) is 11.4. The van der Waals surface area contributed by atoms with Crippen LogP contribution in [-0.2, 0) is 4.79 Å². The highest BCUT2D eigenvalue weighted by molar-refractivity contribution is 6.17. The lowest BCUT2D eigenvalue weighted by atomic mass is 9.97. The summed E-state index contributed by atoms with van der Waals surface area (Å²) in [7, 11) is 0. The van der Waals surface area contributed by atoms with Crippen LogP contribution in [0.5, 0.6) is 0 Å². The number of hydrogen-bond acceptors (Lipinski definition) is 4. The number of carbonyl (C=O) groups excluding carboxylic acids is 1. The Morgan fingerprint density at radius 3 is 2.50 bits per heavy atom. The smallest absolute Gasteiger partial charge is 0.322 e. The molecule has 0 saturated carbocycles. The molecule has 6 nitrogen and oxygen atoms in total. The summed E-state index contributed by atoms with van der Waals surface area (Å²) in [6, 6.07) is 6.14. The molecule has 0 aliphatic rings. The second kappa shape index (κ2) is 7.84. The molecule has 7 heteroatoms. The Hall–Kier alpha value is -1.63. The normalized spacial score (nSPS) is 13.6. The van der Waals surface area contributed by atoms with E-state index in [1.807, 2.05) is 0 Å². The fourth-order valence-electron chi connectivity index (χ4n) is 1.69. The fraction of sp³-hybridized carbons (Fsp3) is 0.385. The molecule has 0 fully saturated rings. The topological polar surface area (TPSA) is 107 Å². The Kier molecular flexibility index (Phi) is 6.44. The molecular formula is C13H16ClNO5. The van der Waals surface area contributed by atoms with Gasteiger partial charge >= 0.3 is 5.97 Å². The minimum atomic E-state index is -1.26.